The smallest absolute Gasteiger partial charge is 0.340 e. The molecule has 1 aliphatic heterocycles. The van der Waals surface area contributed by atoms with Crippen LogP contribution in [-0.2, 0) is 4.74 Å². The molecule has 0 bridgehead atoms. The third-order valence-electron chi connectivity index (χ3n) is 3.85. The Morgan fingerprint density at radius 2 is 2.24 bits per heavy atom. The van der Waals surface area contributed by atoms with Crippen molar-refractivity contribution in [3.8, 4) is 0 Å². The van der Waals surface area contributed by atoms with Crippen molar-refractivity contribution in [1.29, 1.82) is 0 Å². The molecule has 2 rings (SSSR count). The number of hydrogen-bond donors (Lipinski definition) is 1. The highest BCUT2D eigenvalue weighted by molar-refractivity contribution is 5.96. The molecule has 116 valence electrons. The van der Waals surface area contributed by atoms with Gasteiger partial charge in [0.25, 0.3) is 0 Å². The standard InChI is InChI=1S/C15H22FN3O2/c1-4-21-15(20)11-7-14(12(16)8-13(11)17)19-6-5-10(9-19)18(2)3/h7-8,10H,4-6,9,17H2,1-3H3. The zero-order valence-corrected chi connectivity index (χ0v) is 12.7. The van der Waals surface area contributed by atoms with Crippen molar-refractivity contribution < 1.29 is 13.9 Å². The van der Waals surface area contributed by atoms with Gasteiger partial charge in [-0.25, -0.2) is 9.18 Å². The van der Waals surface area contributed by atoms with Gasteiger partial charge in [0.1, 0.15) is 5.82 Å². The van der Waals surface area contributed by atoms with Gasteiger partial charge < -0.3 is 20.3 Å². The summed E-state index contributed by atoms with van der Waals surface area (Å²) in [6.07, 6.45) is 0.964. The number of nitrogen functional groups attached to an aromatic ring is 1. The average molecular weight is 295 g/mol. The van der Waals surface area contributed by atoms with Gasteiger partial charge in [-0.05, 0) is 39.6 Å². The molecule has 1 heterocycles. The van der Waals surface area contributed by atoms with Crippen LogP contribution >= 0.6 is 0 Å². The third kappa shape index (κ3) is 3.26. The Bertz CT molecular complexity index is 534. The minimum Gasteiger partial charge on any atom is -0.462 e. The van der Waals surface area contributed by atoms with Gasteiger partial charge in [0, 0.05) is 24.8 Å². The molecule has 1 aromatic carbocycles. The molecule has 1 saturated heterocycles. The minimum absolute atomic E-state index is 0.109. The van der Waals surface area contributed by atoms with Gasteiger partial charge in [0.15, 0.2) is 0 Å². The van der Waals surface area contributed by atoms with E-state index in [1.807, 2.05) is 19.0 Å². The van der Waals surface area contributed by atoms with Crippen LogP contribution in [-0.4, -0.2) is 50.7 Å². The Balaban J connectivity index is 2.28. The molecule has 0 amide bonds. The molecule has 5 nitrogen and oxygen atoms in total. The van der Waals surface area contributed by atoms with E-state index in [2.05, 4.69) is 4.90 Å². The van der Waals surface area contributed by atoms with Gasteiger partial charge in [0.2, 0.25) is 0 Å². The van der Waals surface area contributed by atoms with Gasteiger partial charge in [-0.3, -0.25) is 0 Å². The second kappa shape index (κ2) is 6.30. The zero-order valence-electron chi connectivity index (χ0n) is 12.7. The van der Waals surface area contributed by atoms with Gasteiger partial charge >= 0.3 is 5.97 Å². The number of nitrogens with zero attached hydrogens (tertiary/aromatic N) is 2. The molecule has 1 aliphatic rings. The number of carbonyl (C=O) groups excluding carboxylic acids is 1. The fourth-order valence-electron chi connectivity index (χ4n) is 2.59. The number of hydrogen-bond acceptors (Lipinski definition) is 5. The van der Waals surface area contributed by atoms with Crippen LogP contribution in [0.1, 0.15) is 23.7 Å². The van der Waals surface area contributed by atoms with Crippen LogP contribution in [0.2, 0.25) is 0 Å². The lowest BCUT2D eigenvalue weighted by atomic mass is 10.1. The Morgan fingerprint density at radius 3 is 2.81 bits per heavy atom. The largest absolute Gasteiger partial charge is 0.462 e. The van der Waals surface area contributed by atoms with E-state index in [1.165, 1.54) is 12.1 Å². The van der Waals surface area contributed by atoms with Crippen LogP contribution in [0.4, 0.5) is 15.8 Å². The lowest BCUT2D eigenvalue weighted by molar-refractivity contribution is 0.0527. The predicted molar refractivity (Wildman–Crippen MR) is 81.1 cm³/mol. The molecule has 1 fully saturated rings. The SMILES string of the molecule is CCOC(=O)c1cc(N2CCC(N(C)C)C2)c(F)cc1N. The van der Waals surface area contributed by atoms with E-state index < -0.39 is 11.8 Å². The molecule has 1 aromatic rings. The Morgan fingerprint density at radius 1 is 1.52 bits per heavy atom. The van der Waals surface area contributed by atoms with Crippen molar-refractivity contribution in [2.75, 3.05) is 44.4 Å². The van der Waals surface area contributed by atoms with Crippen LogP contribution in [0.25, 0.3) is 0 Å². The van der Waals surface area contributed by atoms with E-state index in [0.29, 0.717) is 11.7 Å². The van der Waals surface area contributed by atoms with E-state index in [1.54, 1.807) is 6.92 Å². The molecule has 6 heteroatoms. The molecule has 0 aromatic heterocycles. The minimum atomic E-state index is -0.514. The number of benzene rings is 1. The maximum Gasteiger partial charge on any atom is 0.340 e. The van der Waals surface area contributed by atoms with Crippen molar-refractivity contribution in [1.82, 2.24) is 4.90 Å². The summed E-state index contributed by atoms with van der Waals surface area (Å²) in [6, 6.07) is 3.08. The monoisotopic (exact) mass is 295 g/mol. The molecule has 1 unspecified atom stereocenters. The van der Waals surface area contributed by atoms with Gasteiger partial charge in [-0.15, -0.1) is 0 Å². The maximum absolute atomic E-state index is 14.2. The fraction of sp³-hybridized carbons (Fsp3) is 0.533. The summed E-state index contributed by atoms with van der Waals surface area (Å²) >= 11 is 0. The normalized spacial score (nSPS) is 18.3. The summed E-state index contributed by atoms with van der Waals surface area (Å²) in [4.78, 5) is 15.9. The molecule has 0 saturated carbocycles. The Kier molecular flexibility index (Phi) is 4.67. The number of ether oxygens (including phenoxy) is 1. The summed E-state index contributed by atoms with van der Waals surface area (Å²) in [5.41, 5.74) is 6.47. The molecule has 0 spiro atoms. The molecule has 2 N–H and O–H groups in total. The summed E-state index contributed by atoms with van der Waals surface area (Å²) < 4.78 is 19.1. The van der Waals surface area contributed by atoms with Gasteiger partial charge in [-0.1, -0.05) is 0 Å². The van der Waals surface area contributed by atoms with E-state index in [9.17, 15) is 9.18 Å². The number of esters is 1. The van der Waals surface area contributed by atoms with Crippen LogP contribution in [0.3, 0.4) is 0 Å². The quantitative estimate of drug-likeness (QED) is 0.677. The van der Waals surface area contributed by atoms with E-state index in [-0.39, 0.29) is 17.9 Å². The molecule has 21 heavy (non-hydrogen) atoms. The number of halogens is 1. The molecule has 1 atom stereocenters. The summed E-state index contributed by atoms with van der Waals surface area (Å²) in [5.74, 6) is -0.917. The first-order valence-corrected chi connectivity index (χ1v) is 7.11. The van der Waals surface area contributed by atoms with Crippen LogP contribution in [0, 0.1) is 5.82 Å². The van der Waals surface area contributed by atoms with Crippen molar-refractivity contribution in [3.05, 3.63) is 23.5 Å². The number of anilines is 2. The second-order valence-electron chi connectivity index (χ2n) is 5.46. The topological polar surface area (TPSA) is 58.8 Å². The van der Waals surface area contributed by atoms with E-state index in [0.717, 1.165) is 19.5 Å². The van der Waals surface area contributed by atoms with Crippen molar-refractivity contribution in [2.45, 2.75) is 19.4 Å². The Labute approximate surface area is 124 Å². The lowest BCUT2D eigenvalue weighted by Crippen LogP contribution is -2.31. The van der Waals surface area contributed by atoms with E-state index >= 15 is 0 Å². The van der Waals surface area contributed by atoms with Crippen LogP contribution in [0.5, 0.6) is 0 Å². The maximum atomic E-state index is 14.2. The molecule has 0 aliphatic carbocycles. The summed E-state index contributed by atoms with van der Waals surface area (Å²) in [5, 5.41) is 0. The lowest BCUT2D eigenvalue weighted by Gasteiger charge is -2.23. The molecule has 0 radical (unpaired) electrons. The first-order chi connectivity index (χ1) is 9.93. The highest BCUT2D eigenvalue weighted by atomic mass is 19.1. The first kappa shape index (κ1) is 15.6. The first-order valence-electron chi connectivity index (χ1n) is 7.11. The van der Waals surface area contributed by atoms with Crippen LogP contribution < -0.4 is 10.6 Å². The number of rotatable bonds is 4. The highest BCUT2D eigenvalue weighted by Gasteiger charge is 2.27. The third-order valence-corrected chi connectivity index (χ3v) is 3.85. The van der Waals surface area contributed by atoms with E-state index in [4.69, 9.17) is 10.5 Å². The van der Waals surface area contributed by atoms with Crippen molar-refractivity contribution in [3.63, 3.8) is 0 Å². The van der Waals surface area contributed by atoms with Crippen molar-refractivity contribution >= 4 is 17.3 Å². The summed E-state index contributed by atoms with van der Waals surface area (Å²) in [6.45, 7) is 3.47. The van der Waals surface area contributed by atoms with Gasteiger partial charge in [0.05, 0.1) is 17.9 Å². The summed E-state index contributed by atoms with van der Waals surface area (Å²) in [7, 11) is 4.02. The van der Waals surface area contributed by atoms with Gasteiger partial charge in [-0.2, -0.15) is 0 Å². The highest BCUT2D eigenvalue weighted by Crippen LogP contribution is 2.29. The fourth-order valence-corrected chi connectivity index (χ4v) is 2.59. The van der Waals surface area contributed by atoms with Crippen molar-refractivity contribution in [2.24, 2.45) is 0 Å². The Hall–Kier alpha value is -1.82. The average Bonchev–Trinajstić information content (AvgIpc) is 2.88. The second-order valence-corrected chi connectivity index (χ2v) is 5.46. The zero-order chi connectivity index (χ0) is 15.6. The molecular formula is C15H22FN3O2. The number of likely N-dealkylation sites (N-methyl/N-ethyl adjacent to an activating group) is 1. The predicted octanol–water partition coefficient (Wildman–Crippen LogP) is 1.72. The number of carbonyl (C=O) groups is 1. The number of nitrogens with two attached hydrogens (primary N) is 1. The molecular weight excluding hydrogens is 273 g/mol. The van der Waals surface area contributed by atoms with Crippen LogP contribution in [0.15, 0.2) is 12.1 Å².